The van der Waals surface area contributed by atoms with Crippen molar-refractivity contribution in [3.05, 3.63) is 41.0 Å². The van der Waals surface area contributed by atoms with Crippen LogP contribution in [0.2, 0.25) is 5.02 Å². The lowest BCUT2D eigenvalue weighted by molar-refractivity contribution is 0.262. The van der Waals surface area contributed by atoms with Gasteiger partial charge < -0.3 is 5.32 Å². The second kappa shape index (κ2) is 4.88. The molecule has 0 aliphatic heterocycles. The Morgan fingerprint density at radius 3 is 2.76 bits per heavy atom. The SMILES string of the molecule is Cc1cc(NC(=O)Nc2ccccc2Cl)n[nH]1. The number of aromatic nitrogens is 2. The lowest BCUT2D eigenvalue weighted by Crippen LogP contribution is -2.19. The van der Waals surface area contributed by atoms with Crippen LogP contribution in [0.25, 0.3) is 0 Å². The fourth-order valence-corrected chi connectivity index (χ4v) is 1.50. The van der Waals surface area contributed by atoms with Crippen LogP contribution in [0, 0.1) is 6.92 Å². The number of urea groups is 1. The molecular formula is C11H11ClN4O. The number of amides is 2. The normalized spacial score (nSPS) is 10.0. The number of aromatic amines is 1. The molecule has 0 aliphatic carbocycles. The van der Waals surface area contributed by atoms with E-state index in [1.54, 1.807) is 30.3 Å². The van der Waals surface area contributed by atoms with Crippen LogP contribution >= 0.6 is 11.6 Å². The number of hydrogen-bond acceptors (Lipinski definition) is 2. The monoisotopic (exact) mass is 250 g/mol. The number of nitrogens with zero attached hydrogens (tertiary/aromatic N) is 1. The summed E-state index contributed by atoms with van der Waals surface area (Å²) in [7, 11) is 0. The lowest BCUT2D eigenvalue weighted by atomic mass is 10.3. The summed E-state index contributed by atoms with van der Waals surface area (Å²) >= 11 is 5.91. The lowest BCUT2D eigenvalue weighted by Gasteiger charge is -2.06. The quantitative estimate of drug-likeness (QED) is 0.767. The van der Waals surface area contributed by atoms with Gasteiger partial charge in [-0.2, -0.15) is 5.10 Å². The van der Waals surface area contributed by atoms with Crippen molar-refractivity contribution in [3.8, 4) is 0 Å². The van der Waals surface area contributed by atoms with Crippen LogP contribution in [0.3, 0.4) is 0 Å². The number of halogens is 1. The van der Waals surface area contributed by atoms with Gasteiger partial charge in [0.25, 0.3) is 0 Å². The van der Waals surface area contributed by atoms with Gasteiger partial charge in [0.05, 0.1) is 10.7 Å². The van der Waals surface area contributed by atoms with Crippen LogP contribution in [0.15, 0.2) is 30.3 Å². The maximum atomic E-state index is 11.6. The summed E-state index contributed by atoms with van der Waals surface area (Å²) in [5.41, 5.74) is 1.43. The standard InChI is InChI=1S/C11H11ClN4O/c1-7-6-10(16-15-7)14-11(17)13-9-5-3-2-4-8(9)12/h2-6H,1H3,(H3,13,14,15,16,17). The van der Waals surface area contributed by atoms with Crippen LogP contribution < -0.4 is 10.6 Å². The molecule has 1 aromatic carbocycles. The molecule has 0 saturated heterocycles. The number of aryl methyl sites for hydroxylation is 1. The van der Waals surface area contributed by atoms with Crippen molar-refractivity contribution in [3.63, 3.8) is 0 Å². The van der Waals surface area contributed by atoms with E-state index in [-0.39, 0.29) is 6.03 Å². The molecule has 2 rings (SSSR count). The van der Waals surface area contributed by atoms with Crippen molar-refractivity contribution in [2.24, 2.45) is 0 Å². The minimum Gasteiger partial charge on any atom is -0.306 e. The second-order valence-electron chi connectivity index (χ2n) is 3.50. The van der Waals surface area contributed by atoms with Gasteiger partial charge in [-0.25, -0.2) is 4.79 Å². The molecule has 0 saturated carbocycles. The Morgan fingerprint density at radius 2 is 2.12 bits per heavy atom. The molecule has 0 bridgehead atoms. The van der Waals surface area contributed by atoms with Gasteiger partial charge in [-0.05, 0) is 19.1 Å². The van der Waals surface area contributed by atoms with Crippen molar-refractivity contribution in [2.45, 2.75) is 6.92 Å². The van der Waals surface area contributed by atoms with E-state index in [1.807, 2.05) is 6.92 Å². The zero-order chi connectivity index (χ0) is 12.3. The predicted molar refractivity (Wildman–Crippen MR) is 67.4 cm³/mol. The predicted octanol–water partition coefficient (Wildman–Crippen LogP) is 3.02. The third kappa shape index (κ3) is 2.98. The van der Waals surface area contributed by atoms with Crippen molar-refractivity contribution in [1.29, 1.82) is 0 Å². The van der Waals surface area contributed by atoms with E-state index in [4.69, 9.17) is 11.6 Å². The molecule has 0 radical (unpaired) electrons. The maximum Gasteiger partial charge on any atom is 0.324 e. The number of carbonyl (C=O) groups excluding carboxylic acids is 1. The largest absolute Gasteiger partial charge is 0.324 e. The minimum absolute atomic E-state index is 0.385. The Balaban J connectivity index is 2.01. The van der Waals surface area contributed by atoms with Crippen molar-refractivity contribution >= 4 is 29.1 Å². The molecular weight excluding hydrogens is 240 g/mol. The Hall–Kier alpha value is -2.01. The third-order valence-corrected chi connectivity index (χ3v) is 2.40. The molecule has 6 heteroatoms. The highest BCUT2D eigenvalue weighted by Gasteiger charge is 2.06. The molecule has 0 atom stereocenters. The van der Waals surface area contributed by atoms with Gasteiger partial charge in [-0.1, -0.05) is 23.7 Å². The Labute approximate surface area is 103 Å². The first-order valence-corrected chi connectivity index (χ1v) is 5.37. The number of nitrogens with one attached hydrogen (secondary N) is 3. The Bertz CT molecular complexity index is 538. The van der Waals surface area contributed by atoms with Crippen LogP contribution in [0.1, 0.15) is 5.69 Å². The summed E-state index contributed by atoms with van der Waals surface area (Å²) in [4.78, 5) is 11.6. The summed E-state index contributed by atoms with van der Waals surface area (Å²) in [6.45, 7) is 1.85. The fourth-order valence-electron chi connectivity index (χ4n) is 1.31. The molecule has 0 spiro atoms. The van der Waals surface area contributed by atoms with Gasteiger partial charge in [0.15, 0.2) is 5.82 Å². The van der Waals surface area contributed by atoms with Gasteiger partial charge in [0.1, 0.15) is 0 Å². The molecule has 2 aromatic rings. The third-order valence-electron chi connectivity index (χ3n) is 2.07. The number of hydrogen-bond donors (Lipinski definition) is 3. The van der Waals surface area contributed by atoms with Crippen LogP contribution in [0.4, 0.5) is 16.3 Å². The number of carbonyl (C=O) groups is 1. The number of anilines is 2. The van der Waals surface area contributed by atoms with E-state index in [1.165, 1.54) is 0 Å². The smallest absolute Gasteiger partial charge is 0.306 e. The minimum atomic E-state index is -0.385. The van der Waals surface area contributed by atoms with E-state index in [0.29, 0.717) is 16.5 Å². The van der Waals surface area contributed by atoms with Gasteiger partial charge in [-0.3, -0.25) is 10.4 Å². The summed E-state index contributed by atoms with van der Waals surface area (Å²) in [6.07, 6.45) is 0. The van der Waals surface area contributed by atoms with Gasteiger partial charge in [0, 0.05) is 11.8 Å². The van der Waals surface area contributed by atoms with Gasteiger partial charge in [-0.15, -0.1) is 0 Å². The van der Waals surface area contributed by atoms with E-state index < -0.39 is 0 Å². The topological polar surface area (TPSA) is 69.8 Å². The van der Waals surface area contributed by atoms with Crippen molar-refractivity contribution < 1.29 is 4.79 Å². The Morgan fingerprint density at radius 1 is 1.35 bits per heavy atom. The van der Waals surface area contributed by atoms with E-state index in [0.717, 1.165) is 5.69 Å². The van der Waals surface area contributed by atoms with Crippen molar-refractivity contribution in [2.75, 3.05) is 10.6 Å². The molecule has 1 aromatic heterocycles. The van der Waals surface area contributed by atoms with E-state index >= 15 is 0 Å². The highest BCUT2D eigenvalue weighted by molar-refractivity contribution is 6.33. The van der Waals surface area contributed by atoms with Crippen LogP contribution in [-0.2, 0) is 0 Å². The number of H-pyrrole nitrogens is 1. The average Bonchev–Trinajstić information content (AvgIpc) is 2.67. The molecule has 1 heterocycles. The molecule has 0 aliphatic rings. The fraction of sp³-hybridized carbons (Fsp3) is 0.0909. The summed E-state index contributed by atoms with van der Waals surface area (Å²) in [5, 5.41) is 12.3. The Kier molecular flexibility index (Phi) is 3.30. The molecule has 88 valence electrons. The zero-order valence-electron chi connectivity index (χ0n) is 9.12. The van der Waals surface area contributed by atoms with E-state index in [2.05, 4.69) is 20.8 Å². The molecule has 3 N–H and O–H groups in total. The highest BCUT2D eigenvalue weighted by Crippen LogP contribution is 2.20. The van der Waals surface area contributed by atoms with E-state index in [9.17, 15) is 4.79 Å². The van der Waals surface area contributed by atoms with Gasteiger partial charge in [0.2, 0.25) is 0 Å². The summed E-state index contributed by atoms with van der Waals surface area (Å²) in [6, 6.07) is 8.35. The summed E-state index contributed by atoms with van der Waals surface area (Å²) in [5.74, 6) is 0.465. The molecule has 0 fully saturated rings. The summed E-state index contributed by atoms with van der Waals surface area (Å²) < 4.78 is 0. The first-order chi connectivity index (χ1) is 8.15. The van der Waals surface area contributed by atoms with Crippen molar-refractivity contribution in [1.82, 2.24) is 10.2 Å². The van der Waals surface area contributed by atoms with Crippen LogP contribution in [-0.4, -0.2) is 16.2 Å². The molecule has 5 nitrogen and oxygen atoms in total. The van der Waals surface area contributed by atoms with Gasteiger partial charge >= 0.3 is 6.03 Å². The zero-order valence-corrected chi connectivity index (χ0v) is 9.88. The first-order valence-electron chi connectivity index (χ1n) is 5.00. The number of rotatable bonds is 2. The number of benzene rings is 1. The number of para-hydroxylation sites is 1. The molecule has 0 unspecified atom stereocenters. The molecule has 17 heavy (non-hydrogen) atoms. The first kappa shape index (κ1) is 11.5. The van der Waals surface area contributed by atoms with Crippen LogP contribution in [0.5, 0.6) is 0 Å². The second-order valence-corrected chi connectivity index (χ2v) is 3.90. The molecule has 2 amide bonds. The maximum absolute atomic E-state index is 11.6. The highest BCUT2D eigenvalue weighted by atomic mass is 35.5. The average molecular weight is 251 g/mol.